The van der Waals surface area contributed by atoms with Gasteiger partial charge in [0.25, 0.3) is 5.91 Å². The van der Waals surface area contributed by atoms with Gasteiger partial charge in [0.1, 0.15) is 5.75 Å². The minimum absolute atomic E-state index is 0.314. The van der Waals surface area contributed by atoms with Crippen LogP contribution in [-0.2, 0) is 14.1 Å². The summed E-state index contributed by atoms with van der Waals surface area (Å²) in [5.74, 6) is -0.129. The maximum Gasteiger partial charge on any atom is 0.276 e. The highest BCUT2D eigenvalue weighted by molar-refractivity contribution is 7.94. The number of nitrogens with one attached hydrogen (secondary N) is 2. The number of carbonyl (C=O) groups is 1. The predicted molar refractivity (Wildman–Crippen MR) is 97.0 cm³/mol. The van der Waals surface area contributed by atoms with Crippen molar-refractivity contribution in [1.82, 2.24) is 11.0 Å². The lowest BCUT2D eigenvalue weighted by atomic mass is 10.2. The quantitative estimate of drug-likeness (QED) is 0.297. The Bertz CT molecular complexity index is 716. The van der Waals surface area contributed by atoms with Crippen molar-refractivity contribution in [2.24, 2.45) is 0 Å². The molecule has 0 aromatic heterocycles. The molecule has 25 heavy (non-hydrogen) atoms. The molecule has 0 fully saturated rings. The highest BCUT2D eigenvalue weighted by Crippen LogP contribution is 2.28. The molecule has 1 amide bonds. The van der Waals surface area contributed by atoms with E-state index in [-0.39, 0.29) is 0 Å². The lowest BCUT2D eigenvalue weighted by molar-refractivity contribution is -0.256. The van der Waals surface area contributed by atoms with E-state index in [1.165, 1.54) is 6.07 Å². The Morgan fingerprint density at radius 3 is 2.56 bits per heavy atom. The molecule has 2 aromatic rings. The summed E-state index contributed by atoms with van der Waals surface area (Å²) in [7, 11) is 0. The maximum absolute atomic E-state index is 11.9. The van der Waals surface area contributed by atoms with Crippen LogP contribution in [0.15, 0.2) is 47.4 Å². The third-order valence-corrected chi connectivity index (χ3v) is 4.10. The van der Waals surface area contributed by atoms with Gasteiger partial charge in [0, 0.05) is 9.92 Å². The maximum atomic E-state index is 11.9. The van der Waals surface area contributed by atoms with Gasteiger partial charge in [-0.15, -0.1) is 9.32 Å². The third kappa shape index (κ3) is 6.74. The number of amides is 1. The number of hydrogen-bond donors (Lipinski definition) is 2. The van der Waals surface area contributed by atoms with Gasteiger partial charge in [-0.1, -0.05) is 46.5 Å². The Morgan fingerprint density at radius 2 is 1.88 bits per heavy atom. The zero-order valence-electron chi connectivity index (χ0n) is 13.4. The third-order valence-electron chi connectivity index (χ3n) is 2.97. The second-order valence-corrected chi connectivity index (χ2v) is 6.59. The highest BCUT2D eigenvalue weighted by Gasteiger charge is 2.16. The average molecular weight is 403 g/mol. The SMILES string of the molecule is Cc1ccc(SOONNC(=O)C(C)Oc2ccc(Cl)cc2Cl)cc1. The number of rotatable bonds is 8. The van der Waals surface area contributed by atoms with Gasteiger partial charge in [-0.3, -0.25) is 10.2 Å². The van der Waals surface area contributed by atoms with Gasteiger partial charge in [0.2, 0.25) is 0 Å². The Labute approximate surface area is 159 Å². The summed E-state index contributed by atoms with van der Waals surface area (Å²) in [4.78, 5) is 17.4. The lowest BCUT2D eigenvalue weighted by Gasteiger charge is -2.15. The first-order valence-corrected chi connectivity index (χ1v) is 8.69. The van der Waals surface area contributed by atoms with Gasteiger partial charge >= 0.3 is 0 Å². The first-order chi connectivity index (χ1) is 12.0. The van der Waals surface area contributed by atoms with Gasteiger partial charge in [-0.05, 0) is 44.2 Å². The van der Waals surface area contributed by atoms with Crippen LogP contribution in [0.25, 0.3) is 0 Å². The Morgan fingerprint density at radius 1 is 1.16 bits per heavy atom. The minimum atomic E-state index is -0.820. The molecule has 0 spiro atoms. The molecule has 0 saturated heterocycles. The number of hydrazine groups is 1. The van der Waals surface area contributed by atoms with E-state index in [0.717, 1.165) is 22.5 Å². The van der Waals surface area contributed by atoms with Crippen molar-refractivity contribution in [3.63, 3.8) is 0 Å². The van der Waals surface area contributed by atoms with Crippen molar-refractivity contribution < 1.29 is 18.9 Å². The fraction of sp³-hybridized carbons (Fsp3) is 0.188. The first-order valence-electron chi connectivity index (χ1n) is 7.19. The van der Waals surface area contributed by atoms with Crippen LogP contribution < -0.4 is 15.8 Å². The smallest absolute Gasteiger partial charge is 0.276 e. The standard InChI is InChI=1S/C16H16Cl2N2O4S/c1-10-3-6-13(7-4-10)25-24-23-20-19-16(21)11(2)22-15-8-5-12(17)9-14(15)18/h3-9,11,20H,1-2H3,(H,19,21). The van der Waals surface area contributed by atoms with Crippen LogP contribution in [0.3, 0.4) is 0 Å². The number of aryl methyl sites for hydroxylation is 1. The molecule has 0 aliphatic rings. The summed E-state index contributed by atoms with van der Waals surface area (Å²) >= 11 is 12.8. The van der Waals surface area contributed by atoms with Crippen LogP contribution in [0.2, 0.25) is 10.0 Å². The molecule has 1 unspecified atom stereocenters. The van der Waals surface area contributed by atoms with Crippen LogP contribution in [0.1, 0.15) is 12.5 Å². The monoisotopic (exact) mass is 402 g/mol. The van der Waals surface area contributed by atoms with Crippen LogP contribution in [0.4, 0.5) is 0 Å². The van der Waals surface area contributed by atoms with Crippen LogP contribution in [0.5, 0.6) is 5.75 Å². The summed E-state index contributed by atoms with van der Waals surface area (Å²) in [5, 5.41) is 0.793. The number of carbonyl (C=O) groups excluding carboxylic acids is 1. The second-order valence-electron chi connectivity index (χ2n) is 4.97. The zero-order chi connectivity index (χ0) is 18.2. The number of benzene rings is 2. The summed E-state index contributed by atoms with van der Waals surface area (Å²) in [5.41, 5.74) is 5.61. The van der Waals surface area contributed by atoms with Crippen molar-refractivity contribution in [2.45, 2.75) is 24.8 Å². The molecule has 0 aliphatic heterocycles. The molecule has 0 saturated carbocycles. The summed E-state index contributed by atoms with van der Waals surface area (Å²) in [6.45, 7) is 3.55. The fourth-order valence-electron chi connectivity index (χ4n) is 1.65. The van der Waals surface area contributed by atoms with E-state index in [9.17, 15) is 4.79 Å². The van der Waals surface area contributed by atoms with Crippen LogP contribution >= 0.6 is 35.2 Å². The first kappa shape index (κ1) is 19.8. The minimum Gasteiger partial charge on any atom is -0.479 e. The fourth-order valence-corrected chi connectivity index (χ4v) is 2.50. The molecular formula is C16H16Cl2N2O4S. The Balaban J connectivity index is 1.68. The topological polar surface area (TPSA) is 68.8 Å². The number of ether oxygens (including phenoxy) is 1. The van der Waals surface area contributed by atoms with Crippen molar-refractivity contribution >= 4 is 41.2 Å². The average Bonchev–Trinajstić information content (AvgIpc) is 2.58. The molecule has 2 N–H and O–H groups in total. The van der Waals surface area contributed by atoms with E-state index in [1.54, 1.807) is 19.1 Å². The molecular weight excluding hydrogens is 387 g/mol. The molecule has 9 heteroatoms. The zero-order valence-corrected chi connectivity index (χ0v) is 15.7. The van der Waals surface area contributed by atoms with Crippen molar-refractivity contribution in [3.05, 3.63) is 58.1 Å². The van der Waals surface area contributed by atoms with Crippen LogP contribution in [-0.4, -0.2) is 12.0 Å². The Hall–Kier alpha value is -1.48. The summed E-state index contributed by atoms with van der Waals surface area (Å²) < 4.78 is 10.3. The molecule has 0 bridgehead atoms. The van der Waals surface area contributed by atoms with E-state index >= 15 is 0 Å². The molecule has 0 radical (unpaired) electrons. The van der Waals surface area contributed by atoms with Gasteiger partial charge in [0.15, 0.2) is 6.10 Å². The van der Waals surface area contributed by atoms with Crippen molar-refractivity contribution in [2.75, 3.05) is 0 Å². The molecule has 134 valence electrons. The van der Waals surface area contributed by atoms with Gasteiger partial charge < -0.3 is 4.74 Å². The van der Waals surface area contributed by atoms with E-state index < -0.39 is 12.0 Å². The predicted octanol–water partition coefficient (Wildman–Crippen LogP) is 4.26. The molecule has 1 atom stereocenters. The van der Waals surface area contributed by atoms with E-state index in [0.29, 0.717) is 15.8 Å². The number of halogens is 2. The largest absolute Gasteiger partial charge is 0.479 e. The number of hydrogen-bond acceptors (Lipinski definition) is 6. The normalized spacial score (nSPS) is 11.8. The van der Waals surface area contributed by atoms with Gasteiger partial charge in [-0.2, -0.15) is 0 Å². The molecule has 6 nitrogen and oxygen atoms in total. The Kier molecular flexibility index (Phi) is 7.83. The van der Waals surface area contributed by atoms with Crippen LogP contribution in [0, 0.1) is 6.92 Å². The summed E-state index contributed by atoms with van der Waals surface area (Å²) in [6.07, 6.45) is -0.820. The van der Waals surface area contributed by atoms with E-state index in [4.69, 9.17) is 32.3 Å². The highest BCUT2D eigenvalue weighted by atomic mass is 35.5. The molecule has 0 heterocycles. The molecule has 2 rings (SSSR count). The summed E-state index contributed by atoms with van der Waals surface area (Å²) in [6, 6.07) is 12.4. The lowest BCUT2D eigenvalue weighted by Crippen LogP contribution is -2.44. The van der Waals surface area contributed by atoms with Crippen molar-refractivity contribution in [1.29, 1.82) is 0 Å². The molecule has 0 aliphatic carbocycles. The van der Waals surface area contributed by atoms with Gasteiger partial charge in [-0.25, -0.2) is 0 Å². The van der Waals surface area contributed by atoms with E-state index in [1.807, 2.05) is 31.2 Å². The molecule has 2 aromatic carbocycles. The van der Waals surface area contributed by atoms with Gasteiger partial charge in [0.05, 0.1) is 17.1 Å². The van der Waals surface area contributed by atoms with E-state index in [2.05, 4.69) is 16.0 Å². The van der Waals surface area contributed by atoms with Crippen molar-refractivity contribution in [3.8, 4) is 5.75 Å². The second kappa shape index (κ2) is 9.86.